The molecule has 2 aliphatic heterocycles. The summed E-state index contributed by atoms with van der Waals surface area (Å²) in [5.41, 5.74) is 3.48. The van der Waals surface area contributed by atoms with Crippen LogP contribution in [0.5, 0.6) is 0 Å². The molecule has 2 amide bonds. The molecular weight excluding hydrogens is 348 g/mol. The highest BCUT2D eigenvalue weighted by molar-refractivity contribution is 6.10. The molecule has 28 heavy (non-hydrogen) atoms. The lowest BCUT2D eigenvalue weighted by atomic mass is 9.90. The molecule has 0 unspecified atom stereocenters. The molecule has 2 aromatic rings. The Kier molecular flexibility index (Phi) is 5.29. The van der Waals surface area contributed by atoms with Crippen LogP contribution in [0, 0.1) is 5.92 Å². The maximum atomic E-state index is 12.8. The number of carbonyl (C=O) groups is 2. The van der Waals surface area contributed by atoms with E-state index in [2.05, 4.69) is 30.8 Å². The van der Waals surface area contributed by atoms with Gasteiger partial charge in [0.1, 0.15) is 6.54 Å². The Balaban J connectivity index is 1.28. The van der Waals surface area contributed by atoms with Gasteiger partial charge in [0.05, 0.1) is 0 Å². The van der Waals surface area contributed by atoms with Crippen LogP contribution < -0.4 is 0 Å². The van der Waals surface area contributed by atoms with Crippen LogP contribution in [0.1, 0.15) is 40.7 Å². The third-order valence-corrected chi connectivity index (χ3v) is 5.98. The minimum absolute atomic E-state index is 0.0174. The average molecular weight is 374 g/mol. The fourth-order valence-electron chi connectivity index (χ4n) is 4.22. The van der Waals surface area contributed by atoms with E-state index in [1.165, 1.54) is 16.9 Å². The fraction of sp³-hybridized carbons (Fsp3) is 0.333. The quantitative estimate of drug-likeness (QED) is 0.794. The predicted octanol–water partition coefficient (Wildman–Crippen LogP) is 3.98. The van der Waals surface area contributed by atoms with Gasteiger partial charge in [-0.05, 0) is 43.2 Å². The Labute approximate surface area is 166 Å². The van der Waals surface area contributed by atoms with Crippen LogP contribution in [-0.2, 0) is 11.2 Å². The molecule has 0 spiro atoms. The van der Waals surface area contributed by atoms with Crippen molar-refractivity contribution in [3.63, 3.8) is 0 Å². The van der Waals surface area contributed by atoms with Gasteiger partial charge < -0.3 is 4.90 Å². The molecule has 0 N–H and O–H groups in total. The molecule has 0 aliphatic carbocycles. The van der Waals surface area contributed by atoms with Crippen molar-refractivity contribution in [1.29, 1.82) is 0 Å². The zero-order valence-corrected chi connectivity index (χ0v) is 16.1. The number of hydrogen-bond acceptors (Lipinski definition) is 2. The van der Waals surface area contributed by atoms with E-state index in [0.29, 0.717) is 17.2 Å². The number of piperidine rings is 1. The normalized spacial score (nSPS) is 17.1. The van der Waals surface area contributed by atoms with E-state index >= 15 is 0 Å². The van der Waals surface area contributed by atoms with Crippen LogP contribution in [-0.4, -0.2) is 41.2 Å². The Bertz CT molecular complexity index is 847. The van der Waals surface area contributed by atoms with Gasteiger partial charge in [-0.25, -0.2) is 0 Å². The summed E-state index contributed by atoms with van der Waals surface area (Å²) in [4.78, 5) is 28.8. The Morgan fingerprint density at radius 2 is 1.61 bits per heavy atom. The van der Waals surface area contributed by atoms with E-state index in [0.717, 1.165) is 37.9 Å². The van der Waals surface area contributed by atoms with E-state index < -0.39 is 0 Å². The zero-order valence-electron chi connectivity index (χ0n) is 16.1. The molecule has 0 atom stereocenters. The first-order valence-electron chi connectivity index (χ1n) is 10.1. The Hall–Kier alpha value is -2.88. The Morgan fingerprint density at radius 3 is 2.29 bits per heavy atom. The highest BCUT2D eigenvalue weighted by atomic mass is 16.2. The number of amides is 2. The minimum atomic E-state index is -0.119. The van der Waals surface area contributed by atoms with Gasteiger partial charge in [0.15, 0.2) is 0 Å². The number of hydrogen-bond donors (Lipinski definition) is 0. The number of rotatable bonds is 5. The molecule has 2 heterocycles. The van der Waals surface area contributed by atoms with Gasteiger partial charge in [0, 0.05) is 29.9 Å². The summed E-state index contributed by atoms with van der Waals surface area (Å²) in [6.07, 6.45) is 4.34. The number of aryl methyl sites for hydroxylation is 1. The first-order chi connectivity index (χ1) is 13.6. The molecule has 4 rings (SSSR count). The highest BCUT2D eigenvalue weighted by Crippen LogP contribution is 2.31. The molecule has 4 heteroatoms. The van der Waals surface area contributed by atoms with Crippen LogP contribution in [0.4, 0.5) is 0 Å². The van der Waals surface area contributed by atoms with Gasteiger partial charge >= 0.3 is 0 Å². The summed E-state index contributed by atoms with van der Waals surface area (Å²) in [6.45, 7) is 5.66. The van der Waals surface area contributed by atoms with Crippen LogP contribution in [0.25, 0.3) is 5.70 Å². The van der Waals surface area contributed by atoms with Crippen molar-refractivity contribution in [2.24, 2.45) is 5.92 Å². The molecule has 144 valence electrons. The number of carbonyl (C=O) groups excluding carboxylic acids is 2. The second-order valence-corrected chi connectivity index (χ2v) is 7.73. The van der Waals surface area contributed by atoms with E-state index in [1.807, 2.05) is 29.2 Å². The number of likely N-dealkylation sites (tertiary alicyclic amines) is 1. The van der Waals surface area contributed by atoms with Crippen molar-refractivity contribution in [2.45, 2.75) is 25.7 Å². The minimum Gasteiger partial charge on any atom is -0.341 e. The van der Waals surface area contributed by atoms with Crippen LogP contribution in [0.3, 0.4) is 0 Å². The smallest absolute Gasteiger partial charge is 0.259 e. The largest absolute Gasteiger partial charge is 0.341 e. The van der Waals surface area contributed by atoms with E-state index in [-0.39, 0.29) is 18.4 Å². The summed E-state index contributed by atoms with van der Waals surface area (Å²) in [5.74, 6) is 0.562. The number of fused-ring (bicyclic) bond motifs is 1. The molecule has 1 fully saturated rings. The van der Waals surface area contributed by atoms with Crippen molar-refractivity contribution in [3.05, 3.63) is 77.9 Å². The SMILES string of the molecule is C=C1c2ccccc2C(=O)N1CC(=O)N1CCC(CCc2ccccc2)CC1. The van der Waals surface area contributed by atoms with E-state index in [4.69, 9.17) is 0 Å². The van der Waals surface area contributed by atoms with Crippen LogP contribution in [0.2, 0.25) is 0 Å². The molecule has 0 saturated carbocycles. The molecule has 1 saturated heterocycles. The van der Waals surface area contributed by atoms with Gasteiger partial charge in [0.25, 0.3) is 5.91 Å². The van der Waals surface area contributed by atoms with Gasteiger partial charge in [-0.15, -0.1) is 0 Å². The van der Waals surface area contributed by atoms with E-state index in [9.17, 15) is 9.59 Å². The Morgan fingerprint density at radius 1 is 0.964 bits per heavy atom. The lowest BCUT2D eigenvalue weighted by Crippen LogP contribution is -2.44. The van der Waals surface area contributed by atoms with Crippen molar-refractivity contribution in [1.82, 2.24) is 9.80 Å². The summed E-state index contributed by atoms with van der Waals surface area (Å²) >= 11 is 0. The maximum Gasteiger partial charge on any atom is 0.259 e. The van der Waals surface area contributed by atoms with Gasteiger partial charge in [-0.3, -0.25) is 14.5 Å². The third kappa shape index (κ3) is 3.72. The van der Waals surface area contributed by atoms with Gasteiger partial charge in [-0.1, -0.05) is 55.1 Å². The van der Waals surface area contributed by atoms with Crippen LogP contribution in [0.15, 0.2) is 61.2 Å². The van der Waals surface area contributed by atoms with Gasteiger partial charge in [0.2, 0.25) is 5.91 Å². The topological polar surface area (TPSA) is 40.6 Å². The second kappa shape index (κ2) is 8.01. The first-order valence-corrected chi connectivity index (χ1v) is 10.1. The monoisotopic (exact) mass is 374 g/mol. The second-order valence-electron chi connectivity index (χ2n) is 7.73. The summed E-state index contributed by atoms with van der Waals surface area (Å²) in [7, 11) is 0. The van der Waals surface area contributed by atoms with Crippen molar-refractivity contribution in [3.8, 4) is 0 Å². The lowest BCUT2D eigenvalue weighted by molar-refractivity contribution is -0.132. The molecule has 0 bridgehead atoms. The maximum absolute atomic E-state index is 12.8. The van der Waals surface area contributed by atoms with Gasteiger partial charge in [-0.2, -0.15) is 0 Å². The molecule has 2 aromatic carbocycles. The molecular formula is C24H26N2O2. The number of benzene rings is 2. The lowest BCUT2D eigenvalue weighted by Gasteiger charge is -2.33. The molecule has 4 nitrogen and oxygen atoms in total. The average Bonchev–Trinajstić information content (AvgIpc) is 2.98. The van der Waals surface area contributed by atoms with Crippen molar-refractivity contribution < 1.29 is 9.59 Å². The van der Waals surface area contributed by atoms with Crippen molar-refractivity contribution in [2.75, 3.05) is 19.6 Å². The molecule has 2 aliphatic rings. The highest BCUT2D eigenvalue weighted by Gasteiger charge is 2.33. The van der Waals surface area contributed by atoms with Crippen LogP contribution >= 0.6 is 0 Å². The molecule has 0 radical (unpaired) electrons. The third-order valence-electron chi connectivity index (χ3n) is 5.98. The summed E-state index contributed by atoms with van der Waals surface area (Å²) in [5, 5.41) is 0. The fourth-order valence-corrected chi connectivity index (χ4v) is 4.22. The predicted molar refractivity (Wildman–Crippen MR) is 111 cm³/mol. The summed E-state index contributed by atoms with van der Waals surface area (Å²) in [6, 6.07) is 18.0. The first kappa shape index (κ1) is 18.5. The van der Waals surface area contributed by atoms with E-state index in [1.54, 1.807) is 6.07 Å². The number of nitrogens with zero attached hydrogens (tertiary/aromatic N) is 2. The standard InChI is InChI=1S/C24H26N2O2/c1-18-21-9-5-6-10-22(21)24(28)26(18)17-23(27)25-15-13-20(14-16-25)12-11-19-7-3-2-4-8-19/h2-10,20H,1,11-17H2. The van der Waals surface area contributed by atoms with Crippen molar-refractivity contribution >= 4 is 17.5 Å². The molecule has 0 aromatic heterocycles. The zero-order chi connectivity index (χ0) is 19.5. The summed E-state index contributed by atoms with van der Waals surface area (Å²) < 4.78 is 0.